The van der Waals surface area contributed by atoms with Gasteiger partial charge in [0.25, 0.3) is 0 Å². The van der Waals surface area contributed by atoms with E-state index in [1.807, 2.05) is 0 Å². The van der Waals surface area contributed by atoms with Crippen LogP contribution >= 0.6 is 0 Å². The second-order valence-electron chi connectivity index (χ2n) is 5.09. The molecule has 0 spiro atoms. The molecule has 0 bridgehead atoms. The second kappa shape index (κ2) is 5.00. The Bertz CT molecular complexity index is 352. The second-order valence-corrected chi connectivity index (χ2v) is 5.09. The molecule has 0 atom stereocenters. The lowest BCUT2D eigenvalue weighted by Gasteiger charge is -2.27. The first-order valence-corrected chi connectivity index (χ1v) is 6.73. The van der Waals surface area contributed by atoms with Crippen molar-refractivity contribution in [3.63, 3.8) is 0 Å². The quantitative estimate of drug-likeness (QED) is 0.858. The molecule has 0 unspecified atom stereocenters. The van der Waals surface area contributed by atoms with Crippen LogP contribution in [0.5, 0.6) is 0 Å². The zero-order valence-electron chi connectivity index (χ0n) is 10.2. The van der Waals surface area contributed by atoms with Crippen molar-refractivity contribution in [2.24, 2.45) is 0 Å². The van der Waals surface area contributed by atoms with E-state index < -0.39 is 0 Å². The summed E-state index contributed by atoms with van der Waals surface area (Å²) in [7, 11) is 0. The average molecular weight is 232 g/mol. The molecule has 2 aliphatic rings. The van der Waals surface area contributed by atoms with Gasteiger partial charge in [0.15, 0.2) is 5.82 Å². The van der Waals surface area contributed by atoms with E-state index in [-0.39, 0.29) is 0 Å². The van der Waals surface area contributed by atoms with E-state index in [1.54, 1.807) is 0 Å². The number of nitrogens with zero attached hydrogens (tertiary/aromatic N) is 3. The van der Waals surface area contributed by atoms with E-state index in [4.69, 9.17) is 0 Å². The lowest BCUT2D eigenvalue weighted by atomic mass is 10.1. The molecule has 17 heavy (non-hydrogen) atoms. The molecule has 2 heterocycles. The zero-order chi connectivity index (χ0) is 11.5. The van der Waals surface area contributed by atoms with Gasteiger partial charge in [-0.15, -0.1) is 5.10 Å². The van der Waals surface area contributed by atoms with Gasteiger partial charge in [-0.05, 0) is 44.2 Å². The minimum atomic E-state index is 0.735. The van der Waals surface area contributed by atoms with E-state index in [2.05, 4.69) is 32.5 Å². The normalized spacial score (nSPS) is 20.6. The van der Waals surface area contributed by atoms with Gasteiger partial charge in [0, 0.05) is 25.7 Å². The Hall–Kier alpha value is -1.16. The summed E-state index contributed by atoms with van der Waals surface area (Å²) < 4.78 is 0. The fourth-order valence-electron chi connectivity index (χ4n) is 2.28. The van der Waals surface area contributed by atoms with Gasteiger partial charge in [-0.1, -0.05) is 0 Å². The van der Waals surface area contributed by atoms with Crippen molar-refractivity contribution in [2.75, 3.05) is 18.0 Å². The van der Waals surface area contributed by atoms with Gasteiger partial charge < -0.3 is 10.2 Å². The monoisotopic (exact) mass is 232 g/mol. The topological polar surface area (TPSA) is 41.1 Å². The number of hydrogen-bond acceptors (Lipinski definition) is 4. The number of anilines is 1. The molecule has 0 amide bonds. The number of piperidine rings is 1. The summed E-state index contributed by atoms with van der Waals surface area (Å²) >= 11 is 0. The third-order valence-electron chi connectivity index (χ3n) is 3.53. The fraction of sp³-hybridized carbons (Fsp3) is 0.692. The molecule has 1 aliphatic carbocycles. The predicted octanol–water partition coefficient (Wildman–Crippen LogP) is 1.72. The van der Waals surface area contributed by atoms with Crippen molar-refractivity contribution < 1.29 is 0 Å². The Labute approximate surface area is 102 Å². The van der Waals surface area contributed by atoms with Gasteiger partial charge in [-0.25, -0.2) is 0 Å². The third-order valence-corrected chi connectivity index (χ3v) is 3.53. The van der Waals surface area contributed by atoms with Crippen molar-refractivity contribution in [1.29, 1.82) is 0 Å². The van der Waals surface area contributed by atoms with Crippen LogP contribution in [0.15, 0.2) is 12.1 Å². The van der Waals surface area contributed by atoms with E-state index in [9.17, 15) is 0 Å². The summed E-state index contributed by atoms with van der Waals surface area (Å²) in [6, 6.07) is 4.95. The Morgan fingerprint density at radius 3 is 2.59 bits per heavy atom. The Morgan fingerprint density at radius 2 is 1.94 bits per heavy atom. The molecule has 1 saturated carbocycles. The molecule has 1 aromatic heterocycles. The average Bonchev–Trinajstić information content (AvgIpc) is 3.22. The first-order valence-electron chi connectivity index (χ1n) is 6.73. The van der Waals surface area contributed by atoms with Gasteiger partial charge in [0.1, 0.15) is 0 Å². The molecule has 0 aromatic carbocycles. The predicted molar refractivity (Wildman–Crippen MR) is 68.0 cm³/mol. The van der Waals surface area contributed by atoms with Crippen molar-refractivity contribution in [3.05, 3.63) is 17.8 Å². The van der Waals surface area contributed by atoms with Gasteiger partial charge in [0.2, 0.25) is 0 Å². The first kappa shape index (κ1) is 11.0. The standard InChI is InChI=1S/C13H20N4/c1-2-8-17(9-3-1)13-7-6-12(15-16-13)10-14-11-4-5-11/h6-7,11,14H,1-5,8-10H2. The van der Waals surface area contributed by atoms with Crippen LogP contribution in [0.4, 0.5) is 5.82 Å². The number of rotatable bonds is 4. The molecule has 1 N–H and O–H groups in total. The highest BCUT2D eigenvalue weighted by molar-refractivity contribution is 5.37. The molecule has 92 valence electrons. The molecular formula is C13H20N4. The molecule has 2 fully saturated rings. The van der Waals surface area contributed by atoms with Crippen LogP contribution < -0.4 is 10.2 Å². The minimum Gasteiger partial charge on any atom is -0.355 e. The lowest BCUT2D eigenvalue weighted by molar-refractivity contribution is 0.569. The summed E-state index contributed by atoms with van der Waals surface area (Å²) in [4.78, 5) is 2.34. The van der Waals surface area contributed by atoms with Crippen LogP contribution in [0.25, 0.3) is 0 Å². The van der Waals surface area contributed by atoms with Crippen LogP contribution in [0.1, 0.15) is 37.8 Å². The summed E-state index contributed by atoms with van der Waals surface area (Å²) in [5.74, 6) is 1.04. The third kappa shape index (κ3) is 2.94. The van der Waals surface area contributed by atoms with E-state index >= 15 is 0 Å². The maximum Gasteiger partial charge on any atom is 0.151 e. The molecule has 1 aliphatic heterocycles. The van der Waals surface area contributed by atoms with Crippen molar-refractivity contribution >= 4 is 5.82 Å². The van der Waals surface area contributed by atoms with Crippen molar-refractivity contribution in [2.45, 2.75) is 44.7 Å². The smallest absolute Gasteiger partial charge is 0.151 e. The first-order chi connectivity index (χ1) is 8.42. The molecule has 1 saturated heterocycles. The van der Waals surface area contributed by atoms with Crippen molar-refractivity contribution in [1.82, 2.24) is 15.5 Å². The van der Waals surface area contributed by atoms with E-state index in [0.29, 0.717) is 0 Å². The van der Waals surface area contributed by atoms with Crippen molar-refractivity contribution in [3.8, 4) is 0 Å². The van der Waals surface area contributed by atoms with Gasteiger partial charge in [-0.2, -0.15) is 5.10 Å². The lowest BCUT2D eigenvalue weighted by Crippen LogP contribution is -2.30. The van der Waals surface area contributed by atoms with Gasteiger partial charge in [0.05, 0.1) is 5.69 Å². The number of hydrogen-bond donors (Lipinski definition) is 1. The number of nitrogens with one attached hydrogen (secondary N) is 1. The van der Waals surface area contributed by atoms with Crippen LogP contribution in [0.2, 0.25) is 0 Å². The fourth-order valence-corrected chi connectivity index (χ4v) is 2.28. The molecular weight excluding hydrogens is 212 g/mol. The van der Waals surface area contributed by atoms with E-state index in [1.165, 1.54) is 32.1 Å². The van der Waals surface area contributed by atoms with Crippen LogP contribution in [-0.2, 0) is 6.54 Å². The highest BCUT2D eigenvalue weighted by Crippen LogP contribution is 2.19. The maximum atomic E-state index is 4.34. The van der Waals surface area contributed by atoms with Crippen LogP contribution in [0.3, 0.4) is 0 Å². The largest absolute Gasteiger partial charge is 0.355 e. The molecule has 4 heteroatoms. The Morgan fingerprint density at radius 1 is 1.12 bits per heavy atom. The summed E-state index contributed by atoms with van der Waals surface area (Å²) in [5.41, 5.74) is 1.05. The molecule has 0 radical (unpaired) electrons. The highest BCUT2D eigenvalue weighted by Gasteiger charge is 2.20. The van der Waals surface area contributed by atoms with Crippen LogP contribution in [-0.4, -0.2) is 29.3 Å². The Balaban J connectivity index is 1.58. The SMILES string of the molecule is c1cc(N2CCCCC2)nnc1CNC1CC1. The minimum absolute atomic E-state index is 0.735. The van der Waals surface area contributed by atoms with E-state index in [0.717, 1.165) is 37.2 Å². The Kier molecular flexibility index (Phi) is 3.22. The van der Waals surface area contributed by atoms with Gasteiger partial charge >= 0.3 is 0 Å². The summed E-state index contributed by atoms with van der Waals surface area (Å²) in [6.07, 6.45) is 6.56. The highest BCUT2D eigenvalue weighted by atomic mass is 15.3. The molecule has 1 aromatic rings. The summed E-state index contributed by atoms with van der Waals surface area (Å²) in [5, 5.41) is 12.1. The maximum absolute atomic E-state index is 4.34. The summed E-state index contributed by atoms with van der Waals surface area (Å²) in [6.45, 7) is 3.13. The molecule has 4 nitrogen and oxygen atoms in total. The number of aromatic nitrogens is 2. The zero-order valence-corrected chi connectivity index (χ0v) is 10.2. The van der Waals surface area contributed by atoms with Crippen LogP contribution in [0, 0.1) is 0 Å². The van der Waals surface area contributed by atoms with Gasteiger partial charge in [-0.3, -0.25) is 0 Å². The molecule has 3 rings (SSSR count).